The second-order valence-electron chi connectivity index (χ2n) is 4.78. The van der Waals surface area contributed by atoms with Crippen molar-refractivity contribution in [2.24, 2.45) is 0 Å². The minimum Gasteiger partial charge on any atom is -0.459 e. The van der Waals surface area contributed by atoms with E-state index in [1.54, 1.807) is 6.92 Å². The Morgan fingerprint density at radius 2 is 1.25 bits per heavy atom. The normalized spacial score (nSPS) is 7.75. The highest BCUT2D eigenvalue weighted by Crippen LogP contribution is 1.97. The van der Waals surface area contributed by atoms with Gasteiger partial charge >= 0.3 is 17.9 Å². The number of rotatable bonds is 8. The van der Waals surface area contributed by atoms with Crippen molar-refractivity contribution in [2.75, 3.05) is 19.8 Å². The largest absolute Gasteiger partial charge is 0.459 e. The van der Waals surface area contributed by atoms with E-state index in [-0.39, 0.29) is 24.4 Å². The lowest BCUT2D eigenvalue weighted by molar-refractivity contribution is -0.154. The van der Waals surface area contributed by atoms with E-state index in [1.807, 2.05) is 0 Å². The molecule has 0 amide bonds. The summed E-state index contributed by atoms with van der Waals surface area (Å²) in [6.45, 7) is 18.3. The van der Waals surface area contributed by atoms with Crippen LogP contribution in [0.5, 0.6) is 0 Å². The Kier molecular flexibility index (Phi) is 20.1. The first-order chi connectivity index (χ1) is 13.0. The van der Waals surface area contributed by atoms with Crippen LogP contribution in [-0.2, 0) is 33.3 Å². The Labute approximate surface area is 164 Å². The molecule has 0 bridgehead atoms. The molecule has 0 aromatic carbocycles. The summed E-state index contributed by atoms with van der Waals surface area (Å²) in [6, 6.07) is 0. The van der Waals surface area contributed by atoms with Crippen LogP contribution in [0.2, 0.25) is 0 Å². The maximum atomic E-state index is 10.7. The van der Waals surface area contributed by atoms with E-state index in [1.165, 1.54) is 32.4 Å². The molecule has 0 saturated heterocycles. The number of carbonyl (C=O) groups excluding carboxylic acids is 3. The molecular formula is C19H24N2O7. The zero-order chi connectivity index (χ0) is 22.5. The molecule has 0 aromatic heterocycles. The molecule has 0 atom stereocenters. The van der Waals surface area contributed by atoms with E-state index in [0.717, 1.165) is 0 Å². The van der Waals surface area contributed by atoms with Gasteiger partial charge in [-0.05, 0) is 20.8 Å². The van der Waals surface area contributed by atoms with Crippen molar-refractivity contribution in [3.63, 3.8) is 0 Å². The number of hydrogen-bond donors (Lipinski definition) is 0. The summed E-state index contributed by atoms with van der Waals surface area (Å²) < 4.78 is 17.3. The molecular weight excluding hydrogens is 368 g/mol. The summed E-state index contributed by atoms with van der Waals surface area (Å²) in [4.78, 5) is 32.0. The standard InChI is InChI=1S/C8H10O3.C7H9NO3.C4H5NO/c1-5(2)7(9)11-8(10)6(3)4;1-6(2)7(9)11-4-3-10-5-8;1-2-3-6-4-5/h1,3H2,2,4H3;1,3-4H2,2H3;2H,1,3H2. The molecule has 0 saturated carbocycles. The monoisotopic (exact) mass is 392 g/mol. The van der Waals surface area contributed by atoms with Gasteiger partial charge in [-0.2, -0.15) is 10.5 Å². The van der Waals surface area contributed by atoms with E-state index in [0.29, 0.717) is 12.2 Å². The minimum atomic E-state index is -0.710. The zero-order valence-electron chi connectivity index (χ0n) is 16.3. The molecule has 9 nitrogen and oxygen atoms in total. The van der Waals surface area contributed by atoms with Crippen LogP contribution in [0.3, 0.4) is 0 Å². The van der Waals surface area contributed by atoms with Crippen molar-refractivity contribution >= 4 is 17.9 Å². The smallest absolute Gasteiger partial charge is 0.340 e. The highest BCUT2D eigenvalue weighted by atomic mass is 16.6. The zero-order valence-corrected chi connectivity index (χ0v) is 16.3. The van der Waals surface area contributed by atoms with Gasteiger partial charge in [-0.25, -0.2) is 14.4 Å². The van der Waals surface area contributed by atoms with Crippen molar-refractivity contribution in [1.29, 1.82) is 10.5 Å². The van der Waals surface area contributed by atoms with Gasteiger partial charge in [0, 0.05) is 16.7 Å². The van der Waals surface area contributed by atoms with E-state index in [4.69, 9.17) is 10.5 Å². The van der Waals surface area contributed by atoms with Crippen molar-refractivity contribution in [2.45, 2.75) is 20.8 Å². The fourth-order valence-corrected chi connectivity index (χ4v) is 0.699. The van der Waals surface area contributed by atoms with Gasteiger partial charge < -0.3 is 18.9 Å². The Bertz CT molecular complexity index is 643. The van der Waals surface area contributed by atoms with Crippen molar-refractivity contribution in [3.05, 3.63) is 49.1 Å². The van der Waals surface area contributed by atoms with Gasteiger partial charge in [0.05, 0.1) is 0 Å². The average Bonchev–Trinajstić information content (AvgIpc) is 2.64. The molecule has 0 radical (unpaired) electrons. The molecule has 0 aliphatic rings. The summed E-state index contributed by atoms with van der Waals surface area (Å²) in [5, 5.41) is 15.6. The van der Waals surface area contributed by atoms with Gasteiger partial charge in [0.1, 0.15) is 19.8 Å². The fraction of sp³-hybridized carbons (Fsp3) is 0.316. The summed E-state index contributed by atoms with van der Waals surface area (Å²) >= 11 is 0. The maximum Gasteiger partial charge on any atom is 0.340 e. The lowest BCUT2D eigenvalue weighted by Gasteiger charge is -2.00. The van der Waals surface area contributed by atoms with Crippen LogP contribution < -0.4 is 0 Å². The third-order valence-electron chi connectivity index (χ3n) is 1.98. The van der Waals surface area contributed by atoms with E-state index in [9.17, 15) is 14.4 Å². The van der Waals surface area contributed by atoms with Gasteiger partial charge in [0.2, 0.25) is 0 Å². The second kappa shape index (κ2) is 19.5. The van der Waals surface area contributed by atoms with Crippen LogP contribution >= 0.6 is 0 Å². The third-order valence-corrected chi connectivity index (χ3v) is 1.98. The lowest BCUT2D eigenvalue weighted by atomic mass is 10.3. The molecule has 0 rings (SSSR count). The molecule has 0 aromatic rings. The first-order valence-corrected chi connectivity index (χ1v) is 7.57. The van der Waals surface area contributed by atoms with E-state index in [2.05, 4.69) is 45.3 Å². The summed E-state index contributed by atoms with van der Waals surface area (Å²) in [5.74, 6) is -1.89. The van der Waals surface area contributed by atoms with Crippen molar-refractivity contribution in [1.82, 2.24) is 0 Å². The van der Waals surface area contributed by atoms with E-state index < -0.39 is 17.9 Å². The molecule has 9 heteroatoms. The van der Waals surface area contributed by atoms with Gasteiger partial charge in [0.25, 0.3) is 12.5 Å². The molecule has 0 fully saturated rings. The lowest BCUT2D eigenvalue weighted by Crippen LogP contribution is -2.12. The van der Waals surface area contributed by atoms with Gasteiger partial charge in [-0.3, -0.25) is 0 Å². The SMILES string of the molecule is C=C(C)C(=O)OC(=O)C(=C)C.C=C(C)C(=O)OCCOC#N.C=CCOC#N. The number of hydrogen-bond acceptors (Lipinski definition) is 9. The second-order valence-corrected chi connectivity index (χ2v) is 4.78. The summed E-state index contributed by atoms with van der Waals surface area (Å²) in [6.07, 6.45) is 4.47. The quantitative estimate of drug-likeness (QED) is 0.152. The Hall–Kier alpha value is -3.85. The fourth-order valence-electron chi connectivity index (χ4n) is 0.699. The number of nitriles is 2. The maximum absolute atomic E-state index is 10.7. The molecule has 0 spiro atoms. The van der Waals surface area contributed by atoms with Crippen molar-refractivity contribution in [3.8, 4) is 12.5 Å². The van der Waals surface area contributed by atoms with Gasteiger partial charge in [-0.1, -0.05) is 32.4 Å². The Balaban J connectivity index is -0.000000351. The predicted octanol–water partition coefficient (Wildman–Crippen LogP) is 2.48. The molecule has 152 valence electrons. The van der Waals surface area contributed by atoms with E-state index >= 15 is 0 Å². The van der Waals surface area contributed by atoms with Crippen LogP contribution in [0.15, 0.2) is 49.1 Å². The molecule has 0 aliphatic carbocycles. The van der Waals surface area contributed by atoms with Crippen LogP contribution in [0.1, 0.15) is 20.8 Å². The molecule has 28 heavy (non-hydrogen) atoms. The molecule has 0 aliphatic heterocycles. The minimum absolute atomic E-state index is 0.0826. The number of esters is 3. The first-order valence-electron chi connectivity index (χ1n) is 7.57. The first kappa shape index (κ1) is 28.9. The third kappa shape index (κ3) is 22.1. The average molecular weight is 392 g/mol. The molecule has 0 unspecified atom stereocenters. The molecule has 0 heterocycles. The number of ether oxygens (including phenoxy) is 4. The van der Waals surface area contributed by atoms with Crippen LogP contribution in [0.25, 0.3) is 0 Å². The molecule has 0 N–H and O–H groups in total. The summed E-state index contributed by atoms with van der Waals surface area (Å²) in [7, 11) is 0. The van der Waals surface area contributed by atoms with Gasteiger partial charge in [0.15, 0.2) is 0 Å². The van der Waals surface area contributed by atoms with Crippen LogP contribution in [0, 0.1) is 23.0 Å². The van der Waals surface area contributed by atoms with Crippen LogP contribution in [0.4, 0.5) is 0 Å². The van der Waals surface area contributed by atoms with Gasteiger partial charge in [-0.15, -0.1) is 0 Å². The number of carbonyl (C=O) groups is 3. The Morgan fingerprint density at radius 3 is 1.54 bits per heavy atom. The summed E-state index contributed by atoms with van der Waals surface area (Å²) in [5.41, 5.74) is 0.723. The van der Waals surface area contributed by atoms with Crippen LogP contribution in [-0.4, -0.2) is 37.7 Å². The topological polar surface area (TPSA) is 136 Å². The predicted molar refractivity (Wildman–Crippen MR) is 99.8 cm³/mol. The van der Waals surface area contributed by atoms with Crippen molar-refractivity contribution < 1.29 is 33.3 Å². The number of nitrogens with zero attached hydrogens (tertiary/aromatic N) is 2. The highest BCUT2D eigenvalue weighted by Gasteiger charge is 2.10. The highest BCUT2D eigenvalue weighted by molar-refractivity contribution is 6.00. The Morgan fingerprint density at radius 1 is 0.821 bits per heavy atom.